The van der Waals surface area contributed by atoms with Crippen molar-refractivity contribution in [1.29, 1.82) is 0 Å². The van der Waals surface area contributed by atoms with Crippen LogP contribution in [0, 0.1) is 5.41 Å². The number of para-hydroxylation sites is 1. The summed E-state index contributed by atoms with van der Waals surface area (Å²) in [5.74, 6) is 0.219. The second-order valence-corrected chi connectivity index (χ2v) is 10.1. The Morgan fingerprint density at radius 3 is 2.40 bits per heavy atom. The number of carbonyl (C=O) groups is 2. The van der Waals surface area contributed by atoms with Crippen LogP contribution in [-0.2, 0) is 11.3 Å². The highest BCUT2D eigenvalue weighted by Crippen LogP contribution is 2.40. The van der Waals surface area contributed by atoms with Crippen LogP contribution in [0.25, 0.3) is 0 Å². The molecule has 0 aromatic heterocycles. The maximum Gasteiger partial charge on any atom is 0.255 e. The molecule has 8 heteroatoms. The normalized spacial score (nSPS) is 20.1. The Bertz CT molecular complexity index is 1120. The first-order valence-electron chi connectivity index (χ1n) is 12.0. The molecule has 2 aliphatic rings. The zero-order valence-electron chi connectivity index (χ0n) is 20.6. The number of nitrogens with one attached hydrogen (secondary N) is 2. The monoisotopic (exact) mass is 477 g/mol. The molecule has 2 amide bonds. The quantitative estimate of drug-likeness (QED) is 0.486. The van der Waals surface area contributed by atoms with Crippen molar-refractivity contribution in [2.24, 2.45) is 16.9 Å². The van der Waals surface area contributed by atoms with Gasteiger partial charge in [-0.05, 0) is 54.4 Å². The zero-order valence-corrected chi connectivity index (χ0v) is 20.6. The number of methoxy groups -OCH3 is 1. The van der Waals surface area contributed by atoms with E-state index < -0.39 is 11.9 Å². The molecule has 1 unspecified atom stereocenters. The van der Waals surface area contributed by atoms with Gasteiger partial charge in [0.15, 0.2) is 0 Å². The van der Waals surface area contributed by atoms with Crippen LogP contribution >= 0.6 is 0 Å². The molecule has 1 aliphatic heterocycles. The molecule has 2 aromatic carbocycles. The fourth-order valence-electron chi connectivity index (χ4n) is 4.94. The predicted molar refractivity (Wildman–Crippen MR) is 135 cm³/mol. The molecule has 1 saturated carbocycles. The van der Waals surface area contributed by atoms with Gasteiger partial charge in [0.2, 0.25) is 5.91 Å². The van der Waals surface area contributed by atoms with Crippen molar-refractivity contribution in [1.82, 2.24) is 15.8 Å². The van der Waals surface area contributed by atoms with Crippen LogP contribution in [0.3, 0.4) is 0 Å². The Hall–Kier alpha value is -3.52. The summed E-state index contributed by atoms with van der Waals surface area (Å²) in [7, 11) is 1.54. The topological polar surface area (TPSA) is 123 Å². The molecule has 8 nitrogen and oxygen atoms in total. The van der Waals surface area contributed by atoms with Gasteiger partial charge in [0.1, 0.15) is 11.6 Å². The van der Waals surface area contributed by atoms with Crippen molar-refractivity contribution in [3.8, 4) is 5.75 Å². The molecule has 1 aliphatic carbocycles. The number of nitrogens with zero attached hydrogens (tertiary/aromatic N) is 1. The highest BCUT2D eigenvalue weighted by Gasteiger charge is 2.39. The van der Waals surface area contributed by atoms with Gasteiger partial charge in [0.25, 0.3) is 5.91 Å². The maximum atomic E-state index is 12.6. The molecule has 0 radical (unpaired) electrons. The van der Waals surface area contributed by atoms with Crippen molar-refractivity contribution in [2.45, 2.75) is 58.2 Å². The van der Waals surface area contributed by atoms with E-state index in [1.54, 1.807) is 25.3 Å². The van der Waals surface area contributed by atoms with E-state index in [0.717, 1.165) is 36.8 Å². The van der Waals surface area contributed by atoms with E-state index in [4.69, 9.17) is 16.2 Å². The molecule has 0 bridgehead atoms. The van der Waals surface area contributed by atoms with Gasteiger partial charge < -0.3 is 21.5 Å². The lowest BCUT2D eigenvalue weighted by Gasteiger charge is -2.39. The first-order valence-corrected chi connectivity index (χ1v) is 12.0. The van der Waals surface area contributed by atoms with Gasteiger partial charge in [-0.3, -0.25) is 14.6 Å². The summed E-state index contributed by atoms with van der Waals surface area (Å²) < 4.78 is 5.27. The molecule has 1 atom stereocenters. The molecule has 35 heavy (non-hydrogen) atoms. The van der Waals surface area contributed by atoms with Gasteiger partial charge >= 0.3 is 0 Å². The molecule has 0 spiro atoms. The van der Waals surface area contributed by atoms with E-state index in [1.807, 2.05) is 35.3 Å². The third kappa shape index (κ3) is 5.27. The van der Waals surface area contributed by atoms with Gasteiger partial charge in [-0.2, -0.15) is 0 Å². The van der Waals surface area contributed by atoms with E-state index in [9.17, 15) is 9.59 Å². The highest BCUT2D eigenvalue weighted by atomic mass is 16.5. The first kappa shape index (κ1) is 24.6. The Morgan fingerprint density at radius 2 is 1.77 bits per heavy atom. The number of hydrazine groups is 1. The molecule has 1 heterocycles. The zero-order chi connectivity index (χ0) is 25.2. The van der Waals surface area contributed by atoms with Gasteiger partial charge in [-0.1, -0.05) is 50.2 Å². The third-order valence-corrected chi connectivity index (χ3v) is 7.15. The number of rotatable bonds is 7. The van der Waals surface area contributed by atoms with Crippen LogP contribution in [0.1, 0.15) is 67.1 Å². The number of primary amides is 1. The van der Waals surface area contributed by atoms with Crippen molar-refractivity contribution in [3.05, 3.63) is 76.6 Å². The summed E-state index contributed by atoms with van der Waals surface area (Å²) in [6.07, 6.45) is 4.22. The smallest absolute Gasteiger partial charge is 0.255 e. The Kier molecular flexibility index (Phi) is 7.03. The van der Waals surface area contributed by atoms with E-state index in [0.29, 0.717) is 34.7 Å². The van der Waals surface area contributed by atoms with Crippen LogP contribution in [0.15, 0.2) is 59.9 Å². The second kappa shape index (κ2) is 10.00. The number of hydrogen-bond donors (Lipinski definition) is 4. The summed E-state index contributed by atoms with van der Waals surface area (Å²) in [6, 6.07) is 14.7. The fraction of sp³-hybridized carbons (Fsp3) is 0.407. The molecular formula is C27H35N5O3. The predicted octanol–water partition coefficient (Wildman–Crippen LogP) is 3.11. The van der Waals surface area contributed by atoms with Crippen molar-refractivity contribution < 1.29 is 14.3 Å². The van der Waals surface area contributed by atoms with Crippen LogP contribution in [0.4, 0.5) is 0 Å². The standard InChI is InChI=1S/C27H35N5O3/c1-27(2)14-12-19(13-15-27)32-24(28)22(25(29)33)23(31-32)18-10-8-17(9-11-18)16-30-26(34)20-6-4-5-7-21(20)35-3/h4-11,19,23,31H,12-16,28H2,1-3H3,(H2,29,33)(H,30,34). The maximum absolute atomic E-state index is 12.6. The largest absolute Gasteiger partial charge is 0.496 e. The van der Waals surface area contributed by atoms with Crippen LogP contribution in [0.2, 0.25) is 0 Å². The molecular weight excluding hydrogens is 442 g/mol. The van der Waals surface area contributed by atoms with E-state index in [1.165, 1.54) is 0 Å². The minimum atomic E-state index is -0.521. The number of amides is 2. The second-order valence-electron chi connectivity index (χ2n) is 10.1. The van der Waals surface area contributed by atoms with Crippen LogP contribution in [-0.4, -0.2) is 30.0 Å². The number of hydrogen-bond acceptors (Lipinski definition) is 6. The van der Waals surface area contributed by atoms with Gasteiger partial charge in [0.05, 0.1) is 24.3 Å². The van der Waals surface area contributed by atoms with Crippen molar-refractivity contribution in [2.75, 3.05) is 7.11 Å². The Balaban J connectivity index is 1.44. The first-order chi connectivity index (χ1) is 16.7. The van der Waals surface area contributed by atoms with E-state index in [-0.39, 0.29) is 11.9 Å². The molecule has 6 N–H and O–H groups in total. The number of carbonyl (C=O) groups excluding carboxylic acids is 2. The summed E-state index contributed by atoms with van der Waals surface area (Å²) in [6.45, 7) is 4.94. The van der Waals surface area contributed by atoms with Gasteiger partial charge in [-0.25, -0.2) is 5.43 Å². The average Bonchev–Trinajstić information content (AvgIpc) is 3.20. The summed E-state index contributed by atoms with van der Waals surface area (Å²) in [4.78, 5) is 24.9. The van der Waals surface area contributed by atoms with Crippen LogP contribution in [0.5, 0.6) is 5.75 Å². The van der Waals surface area contributed by atoms with E-state index >= 15 is 0 Å². The number of ether oxygens (including phenoxy) is 1. The summed E-state index contributed by atoms with van der Waals surface area (Å²) in [5.41, 5.74) is 18.6. The minimum Gasteiger partial charge on any atom is -0.496 e. The number of benzene rings is 2. The van der Waals surface area contributed by atoms with Crippen LogP contribution < -0.4 is 26.9 Å². The van der Waals surface area contributed by atoms with Crippen molar-refractivity contribution in [3.63, 3.8) is 0 Å². The molecule has 0 saturated heterocycles. The summed E-state index contributed by atoms with van der Waals surface area (Å²) >= 11 is 0. The SMILES string of the molecule is COc1ccccc1C(=O)NCc1ccc(C2NN(C3CCC(C)(C)CC3)C(N)=C2C(N)=O)cc1. The lowest BCUT2D eigenvalue weighted by Crippen LogP contribution is -2.46. The van der Waals surface area contributed by atoms with Crippen molar-refractivity contribution >= 4 is 11.8 Å². The third-order valence-electron chi connectivity index (χ3n) is 7.15. The highest BCUT2D eigenvalue weighted by molar-refractivity contribution is 5.97. The Labute approximate surface area is 206 Å². The fourth-order valence-corrected chi connectivity index (χ4v) is 4.94. The van der Waals surface area contributed by atoms with Gasteiger partial charge in [0, 0.05) is 12.6 Å². The lowest BCUT2D eigenvalue weighted by atomic mass is 9.75. The number of nitrogens with two attached hydrogens (primary N) is 2. The summed E-state index contributed by atoms with van der Waals surface area (Å²) in [5, 5.41) is 4.87. The van der Waals surface area contributed by atoms with Gasteiger partial charge in [-0.15, -0.1) is 0 Å². The minimum absolute atomic E-state index is 0.206. The molecule has 186 valence electrons. The average molecular weight is 478 g/mol. The molecule has 4 rings (SSSR count). The lowest BCUT2D eigenvalue weighted by molar-refractivity contribution is -0.114. The molecule has 1 fully saturated rings. The molecule has 2 aromatic rings. The Morgan fingerprint density at radius 1 is 1.11 bits per heavy atom. The van der Waals surface area contributed by atoms with E-state index in [2.05, 4.69) is 24.6 Å².